The molecule has 0 aromatic rings. The lowest BCUT2D eigenvalue weighted by atomic mass is 9.85. The van der Waals surface area contributed by atoms with Crippen LogP contribution in [-0.2, 0) is 38.3 Å². The molecule has 10 heteroatoms. The molecule has 0 heterocycles. The highest BCUT2D eigenvalue weighted by molar-refractivity contribution is 5.90. The third-order valence-electron chi connectivity index (χ3n) is 5.56. The molecular formula is C22H36N2O8. The first-order valence-electron chi connectivity index (χ1n) is 10.9. The van der Waals surface area contributed by atoms with Gasteiger partial charge in [0.1, 0.15) is 20.3 Å². The van der Waals surface area contributed by atoms with Gasteiger partial charge in [-0.2, -0.15) is 0 Å². The molecule has 0 unspecified atom stereocenters. The number of hydrogen-bond acceptors (Lipinski definition) is 10. The molecule has 1 aliphatic carbocycles. The van der Waals surface area contributed by atoms with Crippen molar-refractivity contribution in [3.63, 3.8) is 0 Å². The van der Waals surface area contributed by atoms with Crippen molar-refractivity contribution in [3.05, 3.63) is 0 Å². The molecule has 1 aliphatic rings. The molecule has 0 amide bonds. The highest BCUT2D eigenvalue weighted by Crippen LogP contribution is 2.39. The molecule has 32 heavy (non-hydrogen) atoms. The van der Waals surface area contributed by atoms with E-state index in [1.165, 1.54) is 35.4 Å². The average Bonchev–Trinajstić information content (AvgIpc) is 3.08. The van der Waals surface area contributed by atoms with E-state index in [0.717, 1.165) is 17.8 Å². The summed E-state index contributed by atoms with van der Waals surface area (Å²) in [5.41, 5.74) is 1.64. The Labute approximate surface area is 189 Å². The number of carbonyl (C=O) groups is 3. The quantitative estimate of drug-likeness (QED) is 0.128. The summed E-state index contributed by atoms with van der Waals surface area (Å²) in [6.07, 6.45) is 4.68. The largest absolute Gasteiger partial charge is 0.469 e. The zero-order chi connectivity index (χ0) is 23.9. The van der Waals surface area contributed by atoms with Crippen LogP contribution in [0.5, 0.6) is 0 Å². The lowest BCUT2D eigenvalue weighted by molar-refractivity contribution is -0.149. The number of hydrogen-bond donors (Lipinski definition) is 0. The Hall–Kier alpha value is -2.65. The molecule has 1 rings (SSSR count). The number of methoxy groups -OCH3 is 2. The smallest absolute Gasteiger partial charge is 0.305 e. The molecule has 0 aliphatic heterocycles. The number of rotatable bonds is 14. The Bertz CT molecular complexity index is 677. The molecule has 0 spiro atoms. The van der Waals surface area contributed by atoms with Crippen molar-refractivity contribution in [2.75, 3.05) is 28.4 Å². The van der Waals surface area contributed by atoms with Crippen molar-refractivity contribution >= 4 is 29.3 Å². The normalized spacial score (nSPS) is 21.8. The topological polar surface area (TPSA) is 122 Å². The second-order valence-corrected chi connectivity index (χ2v) is 7.66. The van der Waals surface area contributed by atoms with Gasteiger partial charge in [0.15, 0.2) is 0 Å². The molecule has 0 aromatic heterocycles. The molecule has 182 valence electrons. The Morgan fingerprint density at radius 2 is 1.53 bits per heavy atom. The van der Waals surface area contributed by atoms with Crippen LogP contribution in [0, 0.1) is 11.8 Å². The van der Waals surface area contributed by atoms with Gasteiger partial charge >= 0.3 is 17.9 Å². The lowest BCUT2D eigenvalue weighted by Gasteiger charge is -2.24. The van der Waals surface area contributed by atoms with Crippen molar-refractivity contribution in [2.45, 2.75) is 70.8 Å². The van der Waals surface area contributed by atoms with Crippen molar-refractivity contribution in [1.29, 1.82) is 0 Å². The van der Waals surface area contributed by atoms with Crippen LogP contribution in [0.4, 0.5) is 0 Å². The summed E-state index contributed by atoms with van der Waals surface area (Å²) in [4.78, 5) is 44.7. The number of esters is 3. The van der Waals surface area contributed by atoms with Gasteiger partial charge in [-0.25, -0.2) is 0 Å². The number of oxime groups is 2. The van der Waals surface area contributed by atoms with Crippen LogP contribution in [0.2, 0.25) is 0 Å². The van der Waals surface area contributed by atoms with Gasteiger partial charge in [0, 0.05) is 38.0 Å². The Morgan fingerprint density at radius 1 is 0.875 bits per heavy atom. The van der Waals surface area contributed by atoms with Crippen molar-refractivity contribution in [3.8, 4) is 0 Å². The fraction of sp³-hybridized carbons (Fsp3) is 0.773. The molecule has 0 N–H and O–H groups in total. The monoisotopic (exact) mass is 456 g/mol. The van der Waals surface area contributed by atoms with E-state index in [1.54, 1.807) is 0 Å². The van der Waals surface area contributed by atoms with Gasteiger partial charge in [0.2, 0.25) is 0 Å². The van der Waals surface area contributed by atoms with Crippen molar-refractivity contribution in [1.82, 2.24) is 0 Å². The van der Waals surface area contributed by atoms with Gasteiger partial charge in [0.05, 0.1) is 25.6 Å². The van der Waals surface area contributed by atoms with E-state index in [9.17, 15) is 14.4 Å². The molecule has 0 radical (unpaired) electrons. The van der Waals surface area contributed by atoms with Crippen LogP contribution >= 0.6 is 0 Å². The number of nitrogens with zero attached hydrogens (tertiary/aromatic N) is 2. The minimum Gasteiger partial charge on any atom is -0.469 e. The number of ether oxygens (including phenoxy) is 3. The minimum absolute atomic E-state index is 0.0467. The standard InChI is InChI=1S/C22H36N2O8/c1-15(25)32-20-14-19(24-31-5)17(12-13-22(27)29-3)18(20)11-10-16(23-30-4)8-6-7-9-21(26)28-2/h17-18,20H,6-14H2,1-5H3/b23-16-,24-19-/t17-,18-,20-/m1/s1. The van der Waals surface area contributed by atoms with Gasteiger partial charge in [-0.05, 0) is 38.5 Å². The third-order valence-corrected chi connectivity index (χ3v) is 5.56. The summed E-state index contributed by atoms with van der Waals surface area (Å²) in [6.45, 7) is 1.38. The molecule has 0 aromatic carbocycles. The summed E-state index contributed by atoms with van der Waals surface area (Å²) in [5.74, 6) is -1.03. The van der Waals surface area contributed by atoms with E-state index in [-0.39, 0.29) is 42.3 Å². The van der Waals surface area contributed by atoms with Gasteiger partial charge in [-0.1, -0.05) is 10.3 Å². The van der Waals surface area contributed by atoms with E-state index in [2.05, 4.69) is 15.0 Å². The summed E-state index contributed by atoms with van der Waals surface area (Å²) in [5, 5.41) is 8.28. The molecular weight excluding hydrogens is 420 g/mol. The Kier molecular flexibility index (Phi) is 13.0. The van der Waals surface area contributed by atoms with Crippen LogP contribution in [0.15, 0.2) is 10.3 Å². The minimum atomic E-state index is -0.362. The maximum absolute atomic E-state index is 11.7. The van der Waals surface area contributed by atoms with Crippen molar-refractivity contribution in [2.24, 2.45) is 22.1 Å². The summed E-state index contributed by atoms with van der Waals surface area (Å²) in [7, 11) is 5.69. The van der Waals surface area contributed by atoms with Gasteiger partial charge in [0.25, 0.3) is 0 Å². The molecule has 10 nitrogen and oxygen atoms in total. The maximum Gasteiger partial charge on any atom is 0.305 e. The van der Waals surface area contributed by atoms with Crippen LogP contribution in [0.1, 0.15) is 64.7 Å². The number of carbonyl (C=O) groups excluding carboxylic acids is 3. The first-order valence-corrected chi connectivity index (χ1v) is 10.9. The fourth-order valence-electron chi connectivity index (χ4n) is 4.10. The van der Waals surface area contributed by atoms with Crippen LogP contribution in [0.25, 0.3) is 0 Å². The Balaban J connectivity index is 2.87. The van der Waals surface area contributed by atoms with E-state index >= 15 is 0 Å². The number of unbranched alkanes of at least 4 members (excludes halogenated alkanes) is 1. The van der Waals surface area contributed by atoms with Crippen molar-refractivity contribution < 1.29 is 38.3 Å². The second-order valence-electron chi connectivity index (χ2n) is 7.66. The van der Waals surface area contributed by atoms with Gasteiger partial charge in [-0.3, -0.25) is 14.4 Å². The van der Waals surface area contributed by atoms with E-state index in [1.807, 2.05) is 0 Å². The van der Waals surface area contributed by atoms with Crippen LogP contribution in [0.3, 0.4) is 0 Å². The third kappa shape index (κ3) is 9.65. The highest BCUT2D eigenvalue weighted by atomic mass is 16.6. The second kappa shape index (κ2) is 15.2. The zero-order valence-corrected chi connectivity index (χ0v) is 19.8. The van der Waals surface area contributed by atoms with E-state index in [4.69, 9.17) is 19.1 Å². The molecule has 0 bridgehead atoms. The van der Waals surface area contributed by atoms with Crippen LogP contribution in [-0.4, -0.2) is 63.9 Å². The SMILES string of the molecule is CO/N=C(/CCCCC(=O)OC)CC[C@H]1[C@H](OC(C)=O)C/C(=N/OC)[C@@H]1CCC(=O)OC. The summed E-state index contributed by atoms with van der Waals surface area (Å²) < 4.78 is 15.0. The first kappa shape index (κ1) is 27.4. The first-order chi connectivity index (χ1) is 15.4. The molecule has 1 saturated carbocycles. The lowest BCUT2D eigenvalue weighted by Crippen LogP contribution is -2.26. The maximum atomic E-state index is 11.7. The van der Waals surface area contributed by atoms with Crippen LogP contribution < -0.4 is 0 Å². The molecule has 3 atom stereocenters. The predicted molar refractivity (Wildman–Crippen MR) is 117 cm³/mol. The van der Waals surface area contributed by atoms with Gasteiger partial charge < -0.3 is 23.9 Å². The highest BCUT2D eigenvalue weighted by Gasteiger charge is 2.43. The molecule has 1 fully saturated rings. The summed E-state index contributed by atoms with van der Waals surface area (Å²) >= 11 is 0. The average molecular weight is 457 g/mol. The van der Waals surface area contributed by atoms with Gasteiger partial charge in [-0.15, -0.1) is 0 Å². The van der Waals surface area contributed by atoms with E-state index < -0.39 is 0 Å². The Morgan fingerprint density at radius 3 is 2.12 bits per heavy atom. The fourth-order valence-corrected chi connectivity index (χ4v) is 4.10. The predicted octanol–water partition coefficient (Wildman–Crippen LogP) is 3.03. The van der Waals surface area contributed by atoms with E-state index in [0.29, 0.717) is 44.9 Å². The summed E-state index contributed by atoms with van der Waals surface area (Å²) in [6, 6.07) is 0. The molecule has 0 saturated heterocycles. The zero-order valence-electron chi connectivity index (χ0n) is 19.8.